The Morgan fingerprint density at radius 3 is 2.38 bits per heavy atom. The van der Waals surface area contributed by atoms with Crippen LogP contribution in [0.25, 0.3) is 6.08 Å². The van der Waals surface area contributed by atoms with E-state index in [9.17, 15) is 14.7 Å². The second-order valence-electron chi connectivity index (χ2n) is 7.82. The average molecular weight is 651 g/mol. The normalized spacial score (nSPS) is 11.4. The number of hydrogen-bond acceptors (Lipinski definition) is 6. The molecule has 0 fully saturated rings. The van der Waals surface area contributed by atoms with Crippen molar-refractivity contribution in [2.24, 2.45) is 5.10 Å². The monoisotopic (exact) mass is 648 g/mol. The van der Waals surface area contributed by atoms with Gasteiger partial charge in [0.2, 0.25) is 0 Å². The van der Waals surface area contributed by atoms with Gasteiger partial charge < -0.3 is 20.1 Å². The van der Waals surface area contributed by atoms with Crippen LogP contribution < -0.4 is 20.4 Å². The van der Waals surface area contributed by atoms with E-state index in [2.05, 4.69) is 47.7 Å². The summed E-state index contributed by atoms with van der Waals surface area (Å²) in [5.41, 5.74) is 4.79. The van der Waals surface area contributed by atoms with Crippen molar-refractivity contribution >= 4 is 73.3 Å². The molecule has 192 valence electrons. The van der Waals surface area contributed by atoms with Crippen molar-refractivity contribution in [1.29, 1.82) is 0 Å². The highest BCUT2D eigenvalue weighted by Gasteiger charge is 2.17. The first-order chi connectivity index (χ1) is 17.6. The third-order valence-corrected chi connectivity index (χ3v) is 7.58. The van der Waals surface area contributed by atoms with E-state index in [0.717, 1.165) is 5.69 Å². The van der Waals surface area contributed by atoms with Crippen LogP contribution in [0.2, 0.25) is 5.02 Å². The number of hydrazone groups is 1. The lowest BCUT2D eigenvalue weighted by Crippen LogP contribution is -2.33. The maximum atomic E-state index is 13.1. The van der Waals surface area contributed by atoms with Crippen LogP contribution in [0.5, 0.6) is 11.5 Å². The van der Waals surface area contributed by atoms with E-state index >= 15 is 0 Å². The van der Waals surface area contributed by atoms with E-state index in [1.807, 2.05) is 43.3 Å². The van der Waals surface area contributed by atoms with Crippen LogP contribution in [0.15, 0.2) is 74.3 Å². The average Bonchev–Trinajstić information content (AvgIpc) is 2.88. The van der Waals surface area contributed by atoms with Crippen molar-refractivity contribution in [3.8, 4) is 11.5 Å². The first kappa shape index (κ1) is 28.2. The maximum absolute atomic E-state index is 13.1. The summed E-state index contributed by atoms with van der Waals surface area (Å²) in [6.45, 7) is 0. The smallest absolute Gasteiger partial charge is 0.287 e. The zero-order valence-electron chi connectivity index (χ0n) is 20.1. The highest BCUT2D eigenvalue weighted by Crippen LogP contribution is 2.41. The van der Waals surface area contributed by atoms with Crippen LogP contribution in [-0.4, -0.2) is 44.3 Å². The summed E-state index contributed by atoms with van der Waals surface area (Å²) < 4.78 is 6.03. The van der Waals surface area contributed by atoms with E-state index in [1.54, 1.807) is 30.3 Å². The lowest BCUT2D eigenvalue weighted by atomic mass is 10.1. The molecule has 0 aliphatic rings. The van der Waals surface area contributed by atoms with E-state index in [1.165, 1.54) is 19.4 Å². The minimum atomic E-state index is -0.658. The Bertz CT molecular complexity index is 1380. The van der Waals surface area contributed by atoms with Gasteiger partial charge in [-0.3, -0.25) is 9.59 Å². The van der Waals surface area contributed by atoms with Crippen LogP contribution >= 0.6 is 43.5 Å². The number of benzene rings is 3. The van der Waals surface area contributed by atoms with Gasteiger partial charge in [-0.05, 0) is 73.8 Å². The molecule has 37 heavy (non-hydrogen) atoms. The Morgan fingerprint density at radius 1 is 1.08 bits per heavy atom. The quantitative estimate of drug-likeness (QED) is 0.168. The lowest BCUT2D eigenvalue weighted by Gasteiger charge is -2.13. The summed E-state index contributed by atoms with van der Waals surface area (Å²) in [4.78, 5) is 27.9. The molecule has 0 atom stereocenters. The molecule has 8 nitrogen and oxygen atoms in total. The second-order valence-corrected chi connectivity index (χ2v) is 9.81. The molecule has 2 amide bonds. The first-order valence-electron chi connectivity index (χ1n) is 10.8. The van der Waals surface area contributed by atoms with Gasteiger partial charge in [0.05, 0.1) is 28.4 Å². The molecule has 0 spiro atoms. The van der Waals surface area contributed by atoms with Crippen molar-refractivity contribution in [2.45, 2.75) is 0 Å². The molecule has 0 bridgehead atoms. The fourth-order valence-corrected chi connectivity index (χ4v) is 4.16. The lowest BCUT2D eigenvalue weighted by molar-refractivity contribution is -0.117. The number of carbonyl (C=O) groups excluding carboxylic acids is 2. The maximum Gasteiger partial charge on any atom is 0.287 e. The predicted molar refractivity (Wildman–Crippen MR) is 153 cm³/mol. The van der Waals surface area contributed by atoms with Crippen LogP contribution in [0.4, 0.5) is 5.69 Å². The number of rotatable bonds is 8. The molecule has 0 radical (unpaired) electrons. The largest absolute Gasteiger partial charge is 0.503 e. The molecule has 0 saturated heterocycles. The number of carbonyl (C=O) groups is 2. The summed E-state index contributed by atoms with van der Waals surface area (Å²) in [6, 6.07) is 15.5. The molecule has 3 aromatic carbocycles. The Hall–Kier alpha value is -3.34. The third-order valence-electron chi connectivity index (χ3n) is 5.10. The topological polar surface area (TPSA) is 103 Å². The van der Waals surface area contributed by atoms with E-state index in [0.29, 0.717) is 20.1 Å². The number of methoxy groups -OCH3 is 1. The molecule has 3 rings (SSSR count). The summed E-state index contributed by atoms with van der Waals surface area (Å²) in [7, 11) is 5.26. The van der Waals surface area contributed by atoms with Gasteiger partial charge in [-0.15, -0.1) is 0 Å². The molecular weight excluding hydrogens is 628 g/mol. The standard InChI is InChI=1S/C26H23Br2ClN4O4/c1-33(2)17-10-8-15(9-11-17)12-20(31-25(35)18-6-4-5-7-19(18)29)26(36)32-30-14-16-13-21(37-3)24(34)23(28)22(16)27/h4-14,34H,1-3H3,(H,31,35)(H,32,36)/b20-12+,30-14-. The number of ether oxygens (including phenoxy) is 1. The zero-order valence-corrected chi connectivity index (χ0v) is 24.0. The minimum Gasteiger partial charge on any atom is -0.503 e. The Morgan fingerprint density at radius 2 is 1.76 bits per heavy atom. The SMILES string of the molecule is COc1cc(/C=N\NC(=O)/C(=C\c2ccc(N(C)C)cc2)NC(=O)c2ccccc2Cl)c(Br)c(Br)c1O. The van der Waals surface area contributed by atoms with Crippen molar-refractivity contribution in [1.82, 2.24) is 10.7 Å². The van der Waals surface area contributed by atoms with E-state index < -0.39 is 11.8 Å². The molecule has 3 aromatic rings. The number of hydrogen-bond donors (Lipinski definition) is 3. The Balaban J connectivity index is 1.89. The Labute approximate surface area is 236 Å². The van der Waals surface area contributed by atoms with Gasteiger partial charge in [0.15, 0.2) is 11.5 Å². The fraction of sp³-hybridized carbons (Fsp3) is 0.115. The van der Waals surface area contributed by atoms with Crippen molar-refractivity contribution in [2.75, 3.05) is 26.1 Å². The molecule has 3 N–H and O–H groups in total. The number of phenols is 1. The van der Waals surface area contributed by atoms with Gasteiger partial charge in [-0.1, -0.05) is 35.9 Å². The number of nitrogens with zero attached hydrogens (tertiary/aromatic N) is 2. The van der Waals surface area contributed by atoms with Gasteiger partial charge >= 0.3 is 0 Å². The highest BCUT2D eigenvalue weighted by atomic mass is 79.9. The number of anilines is 1. The van der Waals surface area contributed by atoms with Gasteiger partial charge in [-0.25, -0.2) is 5.43 Å². The van der Waals surface area contributed by atoms with Gasteiger partial charge in [0, 0.05) is 29.8 Å². The number of phenolic OH excluding ortho intramolecular Hbond substituents is 1. The van der Waals surface area contributed by atoms with Crippen molar-refractivity contribution in [3.05, 3.63) is 91.0 Å². The molecule has 0 saturated carbocycles. The van der Waals surface area contributed by atoms with Crippen LogP contribution in [0.3, 0.4) is 0 Å². The molecule has 11 heteroatoms. The summed E-state index contributed by atoms with van der Waals surface area (Å²) in [5.74, 6) is -1.06. The van der Waals surface area contributed by atoms with Crippen molar-refractivity contribution in [3.63, 3.8) is 0 Å². The van der Waals surface area contributed by atoms with Gasteiger partial charge in [0.25, 0.3) is 11.8 Å². The summed E-state index contributed by atoms with van der Waals surface area (Å²) in [5, 5.41) is 17.0. The second kappa shape index (κ2) is 12.8. The molecule has 0 unspecified atom stereocenters. The molecule has 0 aromatic heterocycles. The van der Waals surface area contributed by atoms with E-state index in [4.69, 9.17) is 16.3 Å². The minimum absolute atomic E-state index is 0.0387. The highest BCUT2D eigenvalue weighted by molar-refractivity contribution is 9.13. The molecular formula is C26H23Br2ClN4O4. The van der Waals surface area contributed by atoms with Crippen LogP contribution in [-0.2, 0) is 4.79 Å². The van der Waals surface area contributed by atoms with Gasteiger partial charge in [-0.2, -0.15) is 5.10 Å². The molecule has 0 aliphatic carbocycles. The summed E-state index contributed by atoms with van der Waals surface area (Å²) >= 11 is 12.8. The molecule has 0 aliphatic heterocycles. The Kier molecular flexibility index (Phi) is 9.73. The number of aromatic hydroxyl groups is 1. The number of halogens is 3. The van der Waals surface area contributed by atoms with E-state index in [-0.39, 0.29) is 27.8 Å². The van der Waals surface area contributed by atoms with Gasteiger partial charge in [0.1, 0.15) is 5.70 Å². The summed E-state index contributed by atoms with van der Waals surface area (Å²) in [6.07, 6.45) is 2.91. The van der Waals surface area contributed by atoms with Crippen LogP contribution in [0, 0.1) is 0 Å². The predicted octanol–water partition coefficient (Wildman–Crippen LogP) is 5.57. The fourth-order valence-electron chi connectivity index (χ4n) is 3.11. The van der Waals surface area contributed by atoms with Crippen LogP contribution in [0.1, 0.15) is 21.5 Å². The molecule has 0 heterocycles. The third kappa shape index (κ3) is 7.12. The van der Waals surface area contributed by atoms with Crippen molar-refractivity contribution < 1.29 is 19.4 Å². The first-order valence-corrected chi connectivity index (χ1v) is 12.7. The number of nitrogens with one attached hydrogen (secondary N) is 2. The zero-order chi connectivity index (χ0) is 27.1. The number of amides is 2.